The summed E-state index contributed by atoms with van der Waals surface area (Å²) in [6, 6.07) is 7.69. The van der Waals surface area contributed by atoms with Crippen molar-refractivity contribution in [3.8, 4) is 0 Å². The molecule has 0 aliphatic rings. The highest BCUT2D eigenvalue weighted by Crippen LogP contribution is 2.34. The third-order valence-corrected chi connectivity index (χ3v) is 3.29. The SMILES string of the molecule is [CH2]c1cn(CCP(=O)(O)O)c2ccccc12. The molecular formula is C11H13NO3P. The first-order chi connectivity index (χ1) is 7.47. The van der Waals surface area contributed by atoms with E-state index in [1.807, 2.05) is 35.0 Å². The van der Waals surface area contributed by atoms with Crippen molar-refractivity contribution in [3.05, 3.63) is 42.9 Å². The van der Waals surface area contributed by atoms with Crippen molar-refractivity contribution in [3.63, 3.8) is 0 Å². The summed E-state index contributed by atoms with van der Waals surface area (Å²) in [5, 5.41) is 1.02. The Kier molecular flexibility index (Phi) is 2.89. The predicted octanol–water partition coefficient (Wildman–Crippen LogP) is 2.00. The van der Waals surface area contributed by atoms with Gasteiger partial charge in [-0.05, 0) is 18.6 Å². The summed E-state index contributed by atoms with van der Waals surface area (Å²) in [6.45, 7) is 4.20. The molecule has 1 radical (unpaired) electrons. The van der Waals surface area contributed by atoms with Crippen molar-refractivity contribution in [1.82, 2.24) is 4.57 Å². The smallest absolute Gasteiger partial charge is 0.327 e. The first-order valence-electron chi connectivity index (χ1n) is 4.92. The van der Waals surface area contributed by atoms with Crippen LogP contribution in [-0.2, 0) is 11.1 Å². The summed E-state index contributed by atoms with van der Waals surface area (Å²) in [7, 11) is -3.94. The number of rotatable bonds is 3. The summed E-state index contributed by atoms with van der Waals surface area (Å²) in [4.78, 5) is 17.7. The predicted molar refractivity (Wildman–Crippen MR) is 63.3 cm³/mol. The van der Waals surface area contributed by atoms with Gasteiger partial charge in [-0.25, -0.2) is 0 Å². The molecule has 0 aliphatic heterocycles. The maximum absolute atomic E-state index is 10.8. The van der Waals surface area contributed by atoms with Crippen molar-refractivity contribution in [1.29, 1.82) is 0 Å². The second-order valence-corrected chi connectivity index (χ2v) is 5.53. The average molecular weight is 238 g/mol. The van der Waals surface area contributed by atoms with Gasteiger partial charge in [-0.1, -0.05) is 18.2 Å². The first kappa shape index (κ1) is 11.4. The molecular weight excluding hydrogens is 225 g/mol. The molecule has 16 heavy (non-hydrogen) atoms. The summed E-state index contributed by atoms with van der Waals surface area (Å²) >= 11 is 0. The molecule has 5 heteroatoms. The molecule has 0 fully saturated rings. The highest BCUT2D eigenvalue weighted by molar-refractivity contribution is 7.51. The molecule has 1 heterocycles. The van der Waals surface area contributed by atoms with Crippen LogP contribution in [0.15, 0.2) is 30.5 Å². The van der Waals surface area contributed by atoms with Gasteiger partial charge in [0.1, 0.15) is 0 Å². The van der Waals surface area contributed by atoms with Gasteiger partial charge >= 0.3 is 7.60 Å². The Labute approximate surface area is 93.7 Å². The Morgan fingerprint density at radius 3 is 2.69 bits per heavy atom. The minimum absolute atomic E-state index is 0.148. The minimum Gasteiger partial charge on any atom is -0.347 e. The van der Waals surface area contributed by atoms with Gasteiger partial charge < -0.3 is 14.4 Å². The zero-order valence-electron chi connectivity index (χ0n) is 8.71. The molecule has 0 amide bonds. The number of aryl methyl sites for hydroxylation is 1. The molecule has 2 rings (SSSR count). The maximum Gasteiger partial charge on any atom is 0.327 e. The van der Waals surface area contributed by atoms with Gasteiger partial charge in [0.25, 0.3) is 0 Å². The van der Waals surface area contributed by atoms with Gasteiger partial charge in [0.05, 0.1) is 6.16 Å². The van der Waals surface area contributed by atoms with E-state index >= 15 is 0 Å². The van der Waals surface area contributed by atoms with Gasteiger partial charge in [0.15, 0.2) is 0 Å². The number of fused-ring (bicyclic) bond motifs is 1. The Bertz CT molecular complexity index is 555. The molecule has 0 aliphatic carbocycles. The topological polar surface area (TPSA) is 62.5 Å². The van der Waals surface area contributed by atoms with Crippen molar-refractivity contribution >= 4 is 18.5 Å². The van der Waals surface area contributed by atoms with Crippen LogP contribution in [0.4, 0.5) is 0 Å². The number of para-hydroxylation sites is 1. The second-order valence-electron chi connectivity index (χ2n) is 3.75. The van der Waals surface area contributed by atoms with E-state index in [9.17, 15) is 4.57 Å². The van der Waals surface area contributed by atoms with E-state index in [0.29, 0.717) is 6.54 Å². The van der Waals surface area contributed by atoms with E-state index in [-0.39, 0.29) is 6.16 Å². The quantitative estimate of drug-likeness (QED) is 0.804. The molecule has 0 bridgehead atoms. The molecule has 0 spiro atoms. The lowest BCUT2D eigenvalue weighted by Gasteiger charge is -2.06. The first-order valence-corrected chi connectivity index (χ1v) is 6.71. The van der Waals surface area contributed by atoms with Crippen LogP contribution in [-0.4, -0.2) is 20.5 Å². The zero-order valence-corrected chi connectivity index (χ0v) is 9.60. The van der Waals surface area contributed by atoms with E-state index in [4.69, 9.17) is 9.79 Å². The van der Waals surface area contributed by atoms with Gasteiger partial charge in [0.2, 0.25) is 0 Å². The Balaban J connectivity index is 2.35. The monoisotopic (exact) mass is 238 g/mol. The molecule has 0 atom stereocenters. The third kappa shape index (κ3) is 2.35. The molecule has 0 saturated carbocycles. The molecule has 2 aromatic rings. The van der Waals surface area contributed by atoms with Crippen LogP contribution >= 0.6 is 7.60 Å². The number of nitrogens with zero attached hydrogens (tertiary/aromatic N) is 1. The average Bonchev–Trinajstić information content (AvgIpc) is 2.53. The van der Waals surface area contributed by atoms with Crippen LogP contribution in [0.5, 0.6) is 0 Å². The summed E-state index contributed by atoms with van der Waals surface area (Å²) in [5.41, 5.74) is 1.84. The summed E-state index contributed by atoms with van der Waals surface area (Å²) < 4.78 is 12.6. The van der Waals surface area contributed by atoms with Crippen LogP contribution in [0.1, 0.15) is 5.56 Å². The van der Waals surface area contributed by atoms with Crippen molar-refractivity contribution < 1.29 is 14.4 Å². The van der Waals surface area contributed by atoms with E-state index < -0.39 is 7.60 Å². The van der Waals surface area contributed by atoms with Crippen LogP contribution in [0.3, 0.4) is 0 Å². The van der Waals surface area contributed by atoms with Gasteiger partial charge in [-0.2, -0.15) is 0 Å². The molecule has 85 valence electrons. The fraction of sp³-hybridized carbons (Fsp3) is 0.182. The van der Waals surface area contributed by atoms with Gasteiger partial charge in [0, 0.05) is 23.6 Å². The van der Waals surface area contributed by atoms with Crippen LogP contribution in [0.25, 0.3) is 10.9 Å². The molecule has 0 saturated heterocycles. The second kappa shape index (κ2) is 4.06. The largest absolute Gasteiger partial charge is 0.347 e. The molecule has 1 aromatic heterocycles. The highest BCUT2D eigenvalue weighted by Gasteiger charge is 2.13. The zero-order chi connectivity index (χ0) is 11.8. The Morgan fingerprint density at radius 2 is 2.00 bits per heavy atom. The number of benzene rings is 1. The van der Waals surface area contributed by atoms with E-state index in [2.05, 4.69) is 6.92 Å². The van der Waals surface area contributed by atoms with Crippen LogP contribution in [0.2, 0.25) is 0 Å². The Hall–Kier alpha value is -1.09. The van der Waals surface area contributed by atoms with E-state index in [1.165, 1.54) is 0 Å². The normalized spacial score (nSPS) is 12.2. The van der Waals surface area contributed by atoms with E-state index in [1.54, 1.807) is 0 Å². The summed E-state index contributed by atoms with van der Waals surface area (Å²) in [5.74, 6) is 0. The minimum atomic E-state index is -3.94. The molecule has 4 nitrogen and oxygen atoms in total. The van der Waals surface area contributed by atoms with Gasteiger partial charge in [-0.15, -0.1) is 0 Å². The number of hydrogen-bond donors (Lipinski definition) is 2. The summed E-state index contributed by atoms with van der Waals surface area (Å²) in [6.07, 6.45) is 1.67. The van der Waals surface area contributed by atoms with Gasteiger partial charge in [-0.3, -0.25) is 4.57 Å². The number of hydrogen-bond acceptors (Lipinski definition) is 1. The molecule has 2 N–H and O–H groups in total. The molecule has 1 aromatic carbocycles. The fourth-order valence-corrected chi connectivity index (χ4v) is 2.22. The highest BCUT2D eigenvalue weighted by atomic mass is 31.2. The van der Waals surface area contributed by atoms with Crippen molar-refractivity contribution in [2.24, 2.45) is 0 Å². The van der Waals surface area contributed by atoms with Crippen LogP contribution < -0.4 is 0 Å². The Morgan fingerprint density at radius 1 is 1.31 bits per heavy atom. The van der Waals surface area contributed by atoms with Crippen molar-refractivity contribution in [2.75, 3.05) is 6.16 Å². The third-order valence-electron chi connectivity index (χ3n) is 2.50. The fourth-order valence-electron chi connectivity index (χ4n) is 1.75. The van der Waals surface area contributed by atoms with Crippen LogP contribution in [0, 0.1) is 6.92 Å². The van der Waals surface area contributed by atoms with Crippen molar-refractivity contribution in [2.45, 2.75) is 6.54 Å². The number of aromatic nitrogens is 1. The maximum atomic E-state index is 10.8. The lowest BCUT2D eigenvalue weighted by atomic mass is 10.2. The molecule has 0 unspecified atom stereocenters. The van der Waals surface area contributed by atoms with E-state index in [0.717, 1.165) is 16.5 Å². The standard InChI is InChI=1S/C11H13NO3P/c1-9-8-12(6-7-16(13,14)15)11-5-3-2-4-10(9)11/h2-5,8H,1,6-7H2,(H2,13,14,15). The lowest BCUT2D eigenvalue weighted by molar-refractivity contribution is 0.370. The lowest BCUT2D eigenvalue weighted by Crippen LogP contribution is -2.01.